The van der Waals surface area contributed by atoms with E-state index in [1.54, 1.807) is 55.0 Å². The van der Waals surface area contributed by atoms with Crippen LogP contribution >= 0.6 is 0 Å². The van der Waals surface area contributed by atoms with Crippen molar-refractivity contribution in [2.24, 2.45) is 23.5 Å². The Balaban J connectivity index is 1.92. The molecule has 74 heavy (non-hydrogen) atoms. The van der Waals surface area contributed by atoms with Crippen LogP contribution in [0.5, 0.6) is 0 Å². The van der Waals surface area contributed by atoms with Crippen molar-refractivity contribution in [3.8, 4) is 0 Å². The Hall–Kier alpha value is -6.24. The number of nitrogens with two attached hydrogens (primary N) is 1. The lowest BCUT2D eigenvalue weighted by molar-refractivity contribution is -0.146. The molecule has 416 valence electrons. The van der Waals surface area contributed by atoms with Gasteiger partial charge in [0.2, 0.25) is 59.1 Å². The number of carbonyl (C=O) groups is 10. The summed E-state index contributed by atoms with van der Waals surface area (Å²) in [4.78, 5) is 131. The Kier molecular flexibility index (Phi) is 28.3. The van der Waals surface area contributed by atoms with E-state index in [0.717, 1.165) is 5.56 Å². The monoisotopic (exact) mass is 1040 g/mol. The van der Waals surface area contributed by atoms with Gasteiger partial charge in [0, 0.05) is 52.5 Å². The quantitative estimate of drug-likeness (QED) is 0.0386. The summed E-state index contributed by atoms with van der Waals surface area (Å²) in [5.41, 5.74) is 7.38. The fraction of sp³-hybridized carbons (Fsp3) is 0.680. The molecule has 1 aliphatic rings. The molecule has 1 aromatic carbocycles. The smallest absolute Gasteiger partial charge is 0.243 e. The minimum absolute atomic E-state index is 0.0172. The molecule has 0 radical (unpaired) electrons. The molecule has 2 rings (SSSR count). The highest BCUT2D eigenvalue weighted by Crippen LogP contribution is 2.29. The van der Waals surface area contributed by atoms with Gasteiger partial charge < -0.3 is 67.5 Å². The van der Waals surface area contributed by atoms with Gasteiger partial charge in [-0.2, -0.15) is 0 Å². The number of rotatable bonds is 32. The number of hydrogen-bond acceptors (Lipinski definition) is 14. The molecule has 24 heteroatoms. The summed E-state index contributed by atoms with van der Waals surface area (Å²) in [6, 6.07) is 5.10. The largest absolute Gasteiger partial charge is 0.379 e. The molecule has 8 unspecified atom stereocenters. The lowest BCUT2D eigenvalue weighted by Gasteiger charge is -2.39. The van der Waals surface area contributed by atoms with Gasteiger partial charge in [-0.3, -0.25) is 52.8 Å². The average Bonchev–Trinajstić information content (AvgIpc) is 3.86. The van der Waals surface area contributed by atoms with E-state index in [1.165, 1.54) is 14.2 Å². The molecule has 0 bridgehead atoms. The van der Waals surface area contributed by atoms with E-state index in [9.17, 15) is 47.9 Å². The highest BCUT2D eigenvalue weighted by atomic mass is 16.5. The Morgan fingerprint density at radius 3 is 1.69 bits per heavy atom. The summed E-state index contributed by atoms with van der Waals surface area (Å²) < 4.78 is 11.9. The lowest BCUT2D eigenvalue weighted by atomic mass is 9.90. The van der Waals surface area contributed by atoms with Crippen LogP contribution in [-0.4, -0.2) is 198 Å². The van der Waals surface area contributed by atoms with Crippen molar-refractivity contribution < 1.29 is 57.4 Å². The number of anilines is 1. The Morgan fingerprint density at radius 2 is 1.23 bits per heavy atom. The Labute approximate surface area is 435 Å². The molecule has 0 aromatic heterocycles. The predicted octanol–water partition coefficient (Wildman–Crippen LogP) is -1.78. The number of nitrogens with one attached hydrogen (secondary N) is 8. The first-order valence-corrected chi connectivity index (χ1v) is 25.3. The third-order valence-corrected chi connectivity index (χ3v) is 13.1. The third kappa shape index (κ3) is 21.3. The lowest BCUT2D eigenvalue weighted by Crippen LogP contribution is -2.55. The molecule has 1 aromatic rings. The molecule has 24 nitrogen and oxygen atoms in total. The zero-order valence-corrected chi connectivity index (χ0v) is 45.2. The van der Waals surface area contributed by atoms with Crippen LogP contribution in [0.15, 0.2) is 24.3 Å². The highest BCUT2D eigenvalue weighted by Gasteiger charge is 2.42. The maximum absolute atomic E-state index is 14.2. The number of benzene rings is 1. The fourth-order valence-corrected chi connectivity index (χ4v) is 8.86. The minimum Gasteiger partial charge on any atom is -0.379 e. The van der Waals surface area contributed by atoms with Crippen molar-refractivity contribution in [3.05, 3.63) is 29.8 Å². The number of hydrogen-bond donors (Lipinski definition) is 9. The summed E-state index contributed by atoms with van der Waals surface area (Å²) in [5, 5.41) is 20.1. The molecular formula is C50H84N12O12. The van der Waals surface area contributed by atoms with Crippen LogP contribution in [0.2, 0.25) is 0 Å². The third-order valence-electron chi connectivity index (χ3n) is 13.1. The summed E-state index contributed by atoms with van der Waals surface area (Å²) >= 11 is 0. The van der Waals surface area contributed by atoms with Crippen LogP contribution in [0.25, 0.3) is 0 Å². The van der Waals surface area contributed by atoms with E-state index in [1.807, 2.05) is 46.7 Å². The fourth-order valence-electron chi connectivity index (χ4n) is 8.86. The topological polar surface area (TPSA) is 321 Å². The van der Waals surface area contributed by atoms with Gasteiger partial charge >= 0.3 is 0 Å². The van der Waals surface area contributed by atoms with Crippen LogP contribution in [-0.2, 0) is 63.8 Å². The van der Waals surface area contributed by atoms with Crippen LogP contribution < -0.4 is 48.3 Å². The maximum atomic E-state index is 14.2. The van der Waals surface area contributed by atoms with E-state index in [0.29, 0.717) is 37.9 Å². The van der Waals surface area contributed by atoms with Crippen molar-refractivity contribution in [2.45, 2.75) is 116 Å². The SMILES string of the molecule is CCC(=O)NCC(=O)NCC(=O)NCC(=O)NCC(=O)NCC(=O)Nc1ccc(CC(CN)NC(=O)C(C)C(OC)C2CCCN2C(=O)CC(OC)C(C(C)CC)N(C)C(=O)CNC(=O)C(C(C)C)N(C)C)cc1. The molecule has 1 heterocycles. The molecule has 1 fully saturated rings. The van der Waals surface area contributed by atoms with Gasteiger partial charge in [-0.25, -0.2) is 0 Å². The summed E-state index contributed by atoms with van der Waals surface area (Å²) in [5.74, 6) is -5.18. The number of ether oxygens (including phenoxy) is 2. The zero-order chi connectivity index (χ0) is 55.7. The van der Waals surface area contributed by atoms with Crippen LogP contribution in [0.1, 0.15) is 79.2 Å². The molecule has 0 saturated carbocycles. The van der Waals surface area contributed by atoms with E-state index >= 15 is 0 Å². The Bertz CT molecular complexity index is 2030. The molecule has 10 N–H and O–H groups in total. The predicted molar refractivity (Wildman–Crippen MR) is 277 cm³/mol. The van der Waals surface area contributed by atoms with Gasteiger partial charge in [0.05, 0.1) is 81.9 Å². The van der Waals surface area contributed by atoms with E-state index < -0.39 is 98.0 Å². The summed E-state index contributed by atoms with van der Waals surface area (Å²) in [6.45, 7) is 9.61. The highest BCUT2D eigenvalue weighted by molar-refractivity contribution is 5.96. The summed E-state index contributed by atoms with van der Waals surface area (Å²) in [7, 11) is 8.35. The maximum Gasteiger partial charge on any atom is 0.243 e. The number of carbonyl (C=O) groups excluding carboxylic acids is 10. The summed E-state index contributed by atoms with van der Waals surface area (Å²) in [6.07, 6.45) is 1.27. The molecule has 8 atom stereocenters. The van der Waals surface area contributed by atoms with Gasteiger partial charge in [-0.15, -0.1) is 0 Å². The molecule has 1 aliphatic heterocycles. The van der Waals surface area contributed by atoms with Crippen molar-refractivity contribution in [1.29, 1.82) is 0 Å². The number of likely N-dealkylation sites (tertiary alicyclic amines) is 1. The average molecular weight is 1050 g/mol. The zero-order valence-electron chi connectivity index (χ0n) is 45.2. The van der Waals surface area contributed by atoms with Gasteiger partial charge in [-0.1, -0.05) is 60.1 Å². The number of amides is 10. The number of nitrogens with zero attached hydrogens (tertiary/aromatic N) is 3. The van der Waals surface area contributed by atoms with Crippen LogP contribution in [0, 0.1) is 17.8 Å². The van der Waals surface area contributed by atoms with Crippen molar-refractivity contribution in [1.82, 2.24) is 51.9 Å². The second-order valence-corrected chi connectivity index (χ2v) is 19.1. The van der Waals surface area contributed by atoms with E-state index in [-0.39, 0.29) is 73.8 Å². The van der Waals surface area contributed by atoms with Crippen LogP contribution in [0.3, 0.4) is 0 Å². The molecular weight excluding hydrogens is 961 g/mol. The van der Waals surface area contributed by atoms with Gasteiger partial charge in [0.1, 0.15) is 0 Å². The van der Waals surface area contributed by atoms with Crippen molar-refractivity contribution in [2.75, 3.05) is 93.0 Å². The Morgan fingerprint density at radius 1 is 0.703 bits per heavy atom. The normalized spacial score (nSPS) is 16.1. The standard InChI is InChI=1S/C50H84N12O12/c1-12-31(5)47(61(9)45(70)29-57-50(72)46(30(3)4)60(7)8)37(73-10)22-44(69)62-20-14-15-36(62)48(74-11)32(6)49(71)59-35(23-51)21-33-16-18-34(19-17-33)58-43(68)28-56-42(67)27-55-41(66)26-54-40(65)25-53-39(64)24-52-38(63)13-2/h16-19,30-32,35-37,46-48H,12-15,20-29,51H2,1-11H3,(H,52,63)(H,53,64)(H,54,65)(H,55,66)(H,56,67)(H,57,72)(H,58,68)(H,59,71). The molecule has 1 saturated heterocycles. The van der Waals surface area contributed by atoms with Crippen molar-refractivity contribution >= 4 is 64.8 Å². The molecule has 0 spiro atoms. The van der Waals surface area contributed by atoms with Crippen LogP contribution in [0.4, 0.5) is 5.69 Å². The van der Waals surface area contributed by atoms with Crippen molar-refractivity contribution in [3.63, 3.8) is 0 Å². The second-order valence-electron chi connectivity index (χ2n) is 19.1. The van der Waals surface area contributed by atoms with E-state index in [4.69, 9.17) is 15.2 Å². The van der Waals surface area contributed by atoms with Gasteiger partial charge in [0.15, 0.2) is 0 Å². The first kappa shape index (κ1) is 63.9. The second kappa shape index (κ2) is 32.8. The first-order chi connectivity index (χ1) is 35.0. The number of methoxy groups -OCH3 is 2. The minimum atomic E-state index is -0.685. The number of likely N-dealkylation sites (N-methyl/N-ethyl adjacent to an activating group) is 2. The van der Waals surface area contributed by atoms with E-state index in [2.05, 4.69) is 42.5 Å². The van der Waals surface area contributed by atoms with Gasteiger partial charge in [0.25, 0.3) is 0 Å². The first-order valence-electron chi connectivity index (χ1n) is 25.3. The van der Waals surface area contributed by atoms with Gasteiger partial charge in [-0.05, 0) is 62.9 Å². The molecule has 0 aliphatic carbocycles. The molecule has 10 amide bonds.